The molecule has 1 amide bonds. The second-order valence-corrected chi connectivity index (χ2v) is 9.26. The molecule has 4 heterocycles. The number of likely N-dealkylation sites (tertiary alicyclic amines) is 1. The number of para-hydroxylation sites is 1. The molecule has 3 aliphatic heterocycles. The van der Waals surface area contributed by atoms with Crippen LogP contribution in [0.2, 0.25) is 0 Å². The van der Waals surface area contributed by atoms with Crippen LogP contribution in [0.15, 0.2) is 52.0 Å². The van der Waals surface area contributed by atoms with Crippen molar-refractivity contribution < 1.29 is 4.79 Å². The summed E-state index contributed by atoms with van der Waals surface area (Å²) in [6.45, 7) is 3.71. The standard InChI is InChI=1S/C23H25BN5OS/c1-27(2)16-9-10-25-21-18(16)20(24)19(22(30)26-11-14-28-12-5-6-13-28)23-29(21)15-7-3-4-8-17(15)31-23/h3-4,7-10H,5-6,11-14H2,1-2H3,(H,26,30). The molecule has 0 spiro atoms. The van der Waals surface area contributed by atoms with Crippen LogP contribution in [0.3, 0.4) is 0 Å². The number of hydrogen-bond acceptors (Lipinski definition) is 6. The van der Waals surface area contributed by atoms with Crippen LogP contribution in [0.1, 0.15) is 18.4 Å². The summed E-state index contributed by atoms with van der Waals surface area (Å²) in [5.74, 6) is 0.640. The normalized spacial score (nSPS) is 17.5. The van der Waals surface area contributed by atoms with Gasteiger partial charge in [-0.3, -0.25) is 0 Å². The monoisotopic (exact) mass is 430 g/mol. The SMILES string of the molecule is [B]=C1C(C(=O)NCCN2CCCC2)=C2Sc3ccccc3N2c2nccc(N(C)C)c21. The number of carbonyl (C=O) groups is 1. The zero-order valence-electron chi connectivity index (χ0n) is 17.9. The zero-order valence-corrected chi connectivity index (χ0v) is 18.7. The van der Waals surface area contributed by atoms with Crippen LogP contribution in [0.4, 0.5) is 17.2 Å². The molecule has 1 aromatic carbocycles. The molecule has 0 saturated carbocycles. The molecular formula is C23H25BN5OS. The Kier molecular flexibility index (Phi) is 5.36. The molecule has 1 N–H and O–H groups in total. The van der Waals surface area contributed by atoms with Gasteiger partial charge < -0.3 is 0 Å². The molecule has 31 heavy (non-hydrogen) atoms. The summed E-state index contributed by atoms with van der Waals surface area (Å²) in [4.78, 5) is 25.7. The van der Waals surface area contributed by atoms with Gasteiger partial charge in [-0.2, -0.15) is 0 Å². The van der Waals surface area contributed by atoms with Crippen molar-refractivity contribution in [2.45, 2.75) is 17.7 Å². The quantitative estimate of drug-likeness (QED) is 0.736. The van der Waals surface area contributed by atoms with Gasteiger partial charge in [0.15, 0.2) is 0 Å². The summed E-state index contributed by atoms with van der Waals surface area (Å²) < 4.78 is 0. The Labute approximate surface area is 188 Å². The topological polar surface area (TPSA) is 51.7 Å². The summed E-state index contributed by atoms with van der Waals surface area (Å²) in [5, 5.41) is 3.94. The van der Waals surface area contributed by atoms with Crippen molar-refractivity contribution in [3.8, 4) is 0 Å². The maximum absolute atomic E-state index is 13.4. The van der Waals surface area contributed by atoms with E-state index >= 15 is 0 Å². The molecule has 1 aromatic heterocycles. The second kappa shape index (κ2) is 8.17. The number of thioether (sulfide) groups is 1. The molecule has 5 rings (SSSR count). The van der Waals surface area contributed by atoms with Crippen molar-refractivity contribution in [1.29, 1.82) is 0 Å². The van der Waals surface area contributed by atoms with Gasteiger partial charge >= 0.3 is 188 Å². The molecule has 1 saturated heterocycles. The third-order valence-corrected chi connectivity index (χ3v) is 7.16. The van der Waals surface area contributed by atoms with Gasteiger partial charge in [-0.1, -0.05) is 0 Å². The first-order valence-corrected chi connectivity index (χ1v) is 11.5. The van der Waals surface area contributed by atoms with Crippen LogP contribution in [-0.2, 0) is 4.79 Å². The van der Waals surface area contributed by atoms with Gasteiger partial charge in [0.2, 0.25) is 0 Å². The molecule has 6 nitrogen and oxygen atoms in total. The van der Waals surface area contributed by atoms with Gasteiger partial charge in [0.1, 0.15) is 0 Å². The van der Waals surface area contributed by atoms with Gasteiger partial charge in [-0.25, -0.2) is 0 Å². The van der Waals surface area contributed by atoms with E-state index in [0.717, 1.165) is 52.3 Å². The molecule has 0 unspecified atom stereocenters. The van der Waals surface area contributed by atoms with E-state index < -0.39 is 0 Å². The third-order valence-electron chi connectivity index (χ3n) is 6.01. The molecule has 0 atom stereocenters. The fourth-order valence-electron chi connectivity index (χ4n) is 4.48. The number of benzene rings is 1. The Hall–Kier alpha value is -2.58. The van der Waals surface area contributed by atoms with Crippen molar-refractivity contribution in [2.75, 3.05) is 50.1 Å². The van der Waals surface area contributed by atoms with Gasteiger partial charge in [0.05, 0.1) is 0 Å². The van der Waals surface area contributed by atoms with Crippen LogP contribution < -0.4 is 15.1 Å². The predicted molar refractivity (Wildman–Crippen MR) is 129 cm³/mol. The van der Waals surface area contributed by atoms with Crippen LogP contribution in [0.5, 0.6) is 0 Å². The number of hydrogen-bond donors (Lipinski definition) is 1. The van der Waals surface area contributed by atoms with Gasteiger partial charge in [-0.05, 0) is 0 Å². The van der Waals surface area contributed by atoms with E-state index in [4.69, 9.17) is 7.49 Å². The number of rotatable bonds is 5. The summed E-state index contributed by atoms with van der Waals surface area (Å²) >= 11 is 1.58. The third kappa shape index (κ3) is 3.48. The summed E-state index contributed by atoms with van der Waals surface area (Å²) in [6.07, 6.45) is 4.28. The number of aromatic nitrogens is 1. The predicted octanol–water partition coefficient (Wildman–Crippen LogP) is 2.52. The number of pyridine rings is 1. The maximum atomic E-state index is 13.4. The average Bonchev–Trinajstić information content (AvgIpc) is 3.41. The van der Waals surface area contributed by atoms with Crippen molar-refractivity contribution in [3.05, 3.63) is 52.7 Å². The average molecular weight is 430 g/mol. The summed E-state index contributed by atoms with van der Waals surface area (Å²) in [7, 11) is 10.6. The first-order chi connectivity index (χ1) is 15.1. The van der Waals surface area contributed by atoms with Crippen molar-refractivity contribution in [1.82, 2.24) is 15.2 Å². The van der Waals surface area contributed by atoms with Gasteiger partial charge in [-0.15, -0.1) is 0 Å². The number of nitrogens with zero attached hydrogens (tertiary/aromatic N) is 4. The molecule has 1 radical (unpaired) electrons. The Morgan fingerprint density at radius 3 is 2.77 bits per heavy atom. The van der Waals surface area contributed by atoms with Gasteiger partial charge in [0, 0.05) is 0 Å². The molecule has 157 valence electrons. The minimum atomic E-state index is -0.129. The van der Waals surface area contributed by atoms with Crippen LogP contribution in [0.25, 0.3) is 0 Å². The van der Waals surface area contributed by atoms with Crippen molar-refractivity contribution >= 4 is 47.8 Å². The van der Waals surface area contributed by atoms with E-state index in [9.17, 15) is 4.79 Å². The second-order valence-electron chi connectivity index (χ2n) is 8.23. The molecule has 0 bridgehead atoms. The molecule has 0 aliphatic carbocycles. The number of amides is 1. The number of nitrogens with one attached hydrogen (secondary N) is 1. The minimum absolute atomic E-state index is 0.129. The van der Waals surface area contributed by atoms with Crippen molar-refractivity contribution in [2.24, 2.45) is 0 Å². The Morgan fingerprint density at radius 1 is 1.23 bits per heavy atom. The van der Waals surface area contributed by atoms with Crippen LogP contribution >= 0.6 is 11.8 Å². The molecular weight excluding hydrogens is 405 g/mol. The number of carbonyl (C=O) groups excluding carboxylic acids is 1. The van der Waals surface area contributed by atoms with Crippen molar-refractivity contribution in [3.63, 3.8) is 0 Å². The Morgan fingerprint density at radius 2 is 2.00 bits per heavy atom. The first kappa shape index (κ1) is 20.3. The molecule has 1 fully saturated rings. The van der Waals surface area contributed by atoms with E-state index in [0.29, 0.717) is 17.6 Å². The first-order valence-electron chi connectivity index (χ1n) is 10.7. The number of anilines is 3. The van der Waals surface area contributed by atoms with E-state index in [2.05, 4.69) is 32.2 Å². The fourth-order valence-corrected chi connectivity index (χ4v) is 5.68. The number of fused-ring (bicyclic) bond motifs is 5. The van der Waals surface area contributed by atoms with Crippen LogP contribution in [0, 0.1) is 0 Å². The van der Waals surface area contributed by atoms with Gasteiger partial charge in [0.25, 0.3) is 0 Å². The Bertz CT molecular complexity index is 1090. The molecule has 3 aliphatic rings. The zero-order chi connectivity index (χ0) is 21.5. The van der Waals surface area contributed by atoms with Crippen LogP contribution in [-0.4, -0.2) is 69.0 Å². The summed E-state index contributed by atoms with van der Waals surface area (Å²) in [5.41, 5.74) is 3.79. The summed E-state index contributed by atoms with van der Waals surface area (Å²) in [6, 6.07) is 10.1. The fraction of sp³-hybridized carbons (Fsp3) is 0.348. The Balaban J connectivity index is 1.54. The van der Waals surface area contributed by atoms with E-state index in [1.165, 1.54) is 12.8 Å². The van der Waals surface area contributed by atoms with E-state index in [-0.39, 0.29) is 5.91 Å². The molecule has 8 heteroatoms. The van der Waals surface area contributed by atoms with E-state index in [1.54, 1.807) is 18.0 Å². The van der Waals surface area contributed by atoms with E-state index in [1.807, 2.05) is 37.2 Å². The molecule has 2 aromatic rings.